The van der Waals surface area contributed by atoms with Gasteiger partial charge in [-0.3, -0.25) is 14.5 Å². The molecule has 6 rings (SSSR count). The van der Waals surface area contributed by atoms with Gasteiger partial charge in [0.15, 0.2) is 0 Å². The van der Waals surface area contributed by atoms with Crippen molar-refractivity contribution >= 4 is 34.4 Å². The van der Waals surface area contributed by atoms with Crippen LogP contribution in [0, 0.1) is 5.92 Å². The average molecular weight is 549 g/mol. The maximum Gasteiger partial charge on any atom is 0.332 e. The molecule has 7 heteroatoms. The molecule has 41 heavy (non-hydrogen) atoms. The van der Waals surface area contributed by atoms with Crippen molar-refractivity contribution in [2.75, 3.05) is 4.90 Å². The SMILES string of the molecule is CC(C)CCC[C@@H](C)NC(=O)c1ccccc1N1C(=O)[C@@H]2Cc3c([nH]c4ccccc34)[C@H](c3ccccc3)N2C1=O. The summed E-state index contributed by atoms with van der Waals surface area (Å²) in [7, 11) is 0. The topological polar surface area (TPSA) is 85.5 Å². The van der Waals surface area contributed by atoms with E-state index in [2.05, 4.69) is 30.2 Å². The number of imide groups is 1. The van der Waals surface area contributed by atoms with Gasteiger partial charge in [-0.25, -0.2) is 9.69 Å². The van der Waals surface area contributed by atoms with Crippen LogP contribution < -0.4 is 10.2 Å². The van der Waals surface area contributed by atoms with E-state index in [0.29, 0.717) is 23.6 Å². The average Bonchev–Trinajstić information content (AvgIpc) is 3.46. The number of amides is 4. The Kier molecular flexibility index (Phi) is 7.12. The maximum absolute atomic E-state index is 14.2. The fraction of sp³-hybridized carbons (Fsp3) is 0.324. The van der Waals surface area contributed by atoms with Crippen molar-refractivity contribution in [2.24, 2.45) is 5.92 Å². The summed E-state index contributed by atoms with van der Waals surface area (Å²) in [5.41, 5.74) is 4.54. The molecule has 1 fully saturated rings. The van der Waals surface area contributed by atoms with Crippen molar-refractivity contribution in [3.8, 4) is 0 Å². The van der Waals surface area contributed by atoms with E-state index >= 15 is 0 Å². The van der Waals surface area contributed by atoms with E-state index in [1.165, 1.54) is 4.90 Å². The summed E-state index contributed by atoms with van der Waals surface area (Å²) >= 11 is 0. The van der Waals surface area contributed by atoms with Gasteiger partial charge in [-0.2, -0.15) is 0 Å². The van der Waals surface area contributed by atoms with Crippen molar-refractivity contribution in [1.82, 2.24) is 15.2 Å². The normalized spacial score (nSPS) is 19.0. The molecule has 0 radical (unpaired) electrons. The second kappa shape index (κ2) is 10.9. The molecule has 0 bridgehead atoms. The van der Waals surface area contributed by atoms with Crippen molar-refractivity contribution < 1.29 is 14.4 Å². The van der Waals surface area contributed by atoms with Crippen molar-refractivity contribution in [3.63, 3.8) is 0 Å². The smallest absolute Gasteiger partial charge is 0.332 e. The molecule has 3 atom stereocenters. The number of nitrogens with zero attached hydrogens (tertiary/aromatic N) is 2. The maximum atomic E-state index is 14.2. The third kappa shape index (κ3) is 4.79. The molecular formula is C34H36N4O3. The number of carbonyl (C=O) groups is 3. The molecule has 1 aromatic heterocycles. The summed E-state index contributed by atoms with van der Waals surface area (Å²) in [6.45, 7) is 6.38. The molecule has 3 heterocycles. The number of aromatic amines is 1. The van der Waals surface area contributed by atoms with Crippen molar-refractivity contribution in [3.05, 3.63) is 101 Å². The van der Waals surface area contributed by atoms with Crippen LogP contribution in [0.5, 0.6) is 0 Å². The first kappa shape index (κ1) is 26.8. The number of carbonyl (C=O) groups excluding carboxylic acids is 3. The van der Waals surface area contributed by atoms with Crippen molar-refractivity contribution in [1.29, 1.82) is 0 Å². The van der Waals surface area contributed by atoms with Crippen LogP contribution in [0.4, 0.5) is 10.5 Å². The quantitative estimate of drug-likeness (QED) is 0.244. The highest BCUT2D eigenvalue weighted by atomic mass is 16.2. The van der Waals surface area contributed by atoms with E-state index in [1.807, 2.05) is 55.5 Å². The second-order valence-electron chi connectivity index (χ2n) is 11.7. The van der Waals surface area contributed by atoms with Gasteiger partial charge in [0, 0.05) is 29.1 Å². The van der Waals surface area contributed by atoms with Crippen LogP contribution in [0.25, 0.3) is 10.9 Å². The predicted octanol–water partition coefficient (Wildman–Crippen LogP) is 6.60. The summed E-state index contributed by atoms with van der Waals surface area (Å²) in [6.07, 6.45) is 3.40. The number of rotatable bonds is 8. The van der Waals surface area contributed by atoms with Gasteiger partial charge < -0.3 is 10.3 Å². The molecule has 4 amide bonds. The van der Waals surface area contributed by atoms with E-state index in [9.17, 15) is 14.4 Å². The highest BCUT2D eigenvalue weighted by Crippen LogP contribution is 2.45. The molecule has 1 saturated heterocycles. The molecule has 0 unspecified atom stereocenters. The molecule has 0 spiro atoms. The van der Waals surface area contributed by atoms with Gasteiger partial charge in [0.2, 0.25) is 0 Å². The number of hydrogen-bond donors (Lipinski definition) is 2. The summed E-state index contributed by atoms with van der Waals surface area (Å²) in [5.74, 6) is 0.0274. The zero-order valence-corrected chi connectivity index (χ0v) is 23.8. The lowest BCUT2D eigenvalue weighted by atomic mass is 9.89. The Morgan fingerprint density at radius 2 is 1.63 bits per heavy atom. The van der Waals surface area contributed by atoms with Gasteiger partial charge in [-0.05, 0) is 48.6 Å². The Balaban J connectivity index is 1.35. The van der Waals surface area contributed by atoms with Crippen LogP contribution in [0.3, 0.4) is 0 Å². The second-order valence-corrected chi connectivity index (χ2v) is 11.7. The Morgan fingerprint density at radius 3 is 2.41 bits per heavy atom. The Hall–Kier alpha value is -4.39. The van der Waals surface area contributed by atoms with Crippen LogP contribution in [0.15, 0.2) is 78.9 Å². The van der Waals surface area contributed by atoms with E-state index in [-0.39, 0.29) is 17.9 Å². The number of anilines is 1. The Morgan fingerprint density at radius 1 is 0.927 bits per heavy atom. The van der Waals surface area contributed by atoms with Gasteiger partial charge >= 0.3 is 6.03 Å². The number of fused-ring (bicyclic) bond motifs is 4. The number of urea groups is 1. The first-order valence-corrected chi connectivity index (χ1v) is 14.6. The molecule has 2 aliphatic heterocycles. The van der Waals surface area contributed by atoms with E-state index in [0.717, 1.165) is 47.0 Å². The minimum Gasteiger partial charge on any atom is -0.356 e. The highest BCUT2D eigenvalue weighted by Gasteiger charge is 2.53. The van der Waals surface area contributed by atoms with Crippen LogP contribution in [0.2, 0.25) is 0 Å². The largest absolute Gasteiger partial charge is 0.356 e. The standard InChI is InChI=1S/C34H36N4O3/c1-21(2)12-11-13-22(3)35-32(39)25-17-8-10-19-28(25)38-33(40)29-20-26-24-16-7-9-18-27(24)36-30(26)31(37(29)34(38)41)23-14-5-4-6-15-23/h4-10,14-19,21-22,29,31,36H,11-13,20H2,1-3H3,(H,35,39)/t22-,29+,31+/m1/s1. The highest BCUT2D eigenvalue weighted by molar-refractivity contribution is 6.24. The molecule has 210 valence electrons. The molecular weight excluding hydrogens is 512 g/mol. The minimum absolute atomic E-state index is 0.0219. The monoisotopic (exact) mass is 548 g/mol. The van der Waals surface area contributed by atoms with E-state index in [4.69, 9.17) is 0 Å². The lowest BCUT2D eigenvalue weighted by Gasteiger charge is -2.36. The lowest BCUT2D eigenvalue weighted by Crippen LogP contribution is -2.44. The number of nitrogens with one attached hydrogen (secondary N) is 2. The van der Waals surface area contributed by atoms with Crippen LogP contribution in [0.1, 0.15) is 73.3 Å². The first-order chi connectivity index (χ1) is 19.8. The molecule has 4 aromatic rings. The zero-order valence-electron chi connectivity index (χ0n) is 23.8. The number of hydrogen-bond acceptors (Lipinski definition) is 3. The molecule has 2 aliphatic rings. The number of H-pyrrole nitrogens is 1. The van der Waals surface area contributed by atoms with Gasteiger partial charge in [-0.1, -0.05) is 87.4 Å². The van der Waals surface area contributed by atoms with Gasteiger partial charge in [0.25, 0.3) is 11.8 Å². The van der Waals surface area contributed by atoms with E-state index < -0.39 is 18.1 Å². The molecule has 2 N–H and O–H groups in total. The number of para-hydroxylation sites is 2. The fourth-order valence-corrected chi connectivity index (χ4v) is 6.34. The van der Waals surface area contributed by atoms with Crippen LogP contribution in [-0.4, -0.2) is 39.8 Å². The van der Waals surface area contributed by atoms with Gasteiger partial charge in [0.1, 0.15) is 12.1 Å². The van der Waals surface area contributed by atoms with Gasteiger partial charge in [0.05, 0.1) is 11.3 Å². The fourth-order valence-electron chi connectivity index (χ4n) is 6.34. The zero-order chi connectivity index (χ0) is 28.7. The molecule has 7 nitrogen and oxygen atoms in total. The number of benzene rings is 3. The Labute approximate surface area is 240 Å². The van der Waals surface area contributed by atoms with Crippen LogP contribution in [-0.2, 0) is 11.2 Å². The van der Waals surface area contributed by atoms with Gasteiger partial charge in [-0.15, -0.1) is 0 Å². The lowest BCUT2D eigenvalue weighted by molar-refractivity contribution is -0.120. The Bertz CT molecular complexity index is 1610. The summed E-state index contributed by atoms with van der Waals surface area (Å²) in [4.78, 5) is 48.3. The predicted molar refractivity (Wildman–Crippen MR) is 161 cm³/mol. The minimum atomic E-state index is -0.675. The third-order valence-corrected chi connectivity index (χ3v) is 8.35. The van der Waals surface area contributed by atoms with E-state index in [1.54, 1.807) is 29.2 Å². The van der Waals surface area contributed by atoms with Crippen molar-refractivity contribution in [2.45, 2.75) is 64.6 Å². The third-order valence-electron chi connectivity index (χ3n) is 8.35. The van der Waals surface area contributed by atoms with Crippen LogP contribution >= 0.6 is 0 Å². The molecule has 3 aromatic carbocycles. The number of aromatic nitrogens is 1. The molecule has 0 saturated carbocycles. The summed E-state index contributed by atoms with van der Waals surface area (Å²) in [5, 5.41) is 4.15. The first-order valence-electron chi connectivity index (χ1n) is 14.6. The molecule has 0 aliphatic carbocycles. The summed E-state index contributed by atoms with van der Waals surface area (Å²) in [6, 6.07) is 23.2. The summed E-state index contributed by atoms with van der Waals surface area (Å²) < 4.78 is 0.